The summed E-state index contributed by atoms with van der Waals surface area (Å²) in [5.41, 5.74) is 1.87. The molecular formula is C6H8N2O4S2. The molecule has 1 rings (SSSR count). The lowest BCUT2D eigenvalue weighted by atomic mass is 10.7. The Labute approximate surface area is 84.9 Å². The fourth-order valence-corrected chi connectivity index (χ4v) is 2.45. The second kappa shape index (κ2) is 4.40. The fourth-order valence-electron chi connectivity index (χ4n) is 0.627. The number of ether oxygens (including phenoxy) is 1. The van der Waals surface area contributed by atoms with Crippen molar-refractivity contribution in [1.82, 2.24) is 10.3 Å². The molecule has 0 radical (unpaired) electrons. The number of carbonyl (C=O) groups is 1. The molecule has 1 amide bonds. The van der Waals surface area contributed by atoms with Crippen molar-refractivity contribution in [3.63, 3.8) is 0 Å². The summed E-state index contributed by atoms with van der Waals surface area (Å²) in [5, 5.41) is 1.62. The van der Waals surface area contributed by atoms with Crippen LogP contribution in [0.1, 0.15) is 0 Å². The van der Waals surface area contributed by atoms with E-state index in [-0.39, 0.29) is 4.21 Å². The summed E-state index contributed by atoms with van der Waals surface area (Å²) >= 11 is 1.05. The van der Waals surface area contributed by atoms with Crippen LogP contribution < -0.4 is 10.3 Å². The molecule has 2 N–H and O–H groups in total. The van der Waals surface area contributed by atoms with Crippen molar-refractivity contribution < 1.29 is 17.9 Å². The molecule has 0 aliphatic carbocycles. The lowest BCUT2D eigenvalue weighted by Gasteiger charge is -2.04. The molecular weight excluding hydrogens is 228 g/mol. The van der Waals surface area contributed by atoms with E-state index in [1.165, 1.54) is 6.07 Å². The number of sulfonamides is 1. The molecule has 1 aromatic heterocycles. The number of methoxy groups -OCH3 is 1. The van der Waals surface area contributed by atoms with E-state index in [9.17, 15) is 13.2 Å². The van der Waals surface area contributed by atoms with Gasteiger partial charge in [0.25, 0.3) is 10.0 Å². The lowest BCUT2D eigenvalue weighted by molar-refractivity contribution is 0.169. The normalized spacial score (nSPS) is 10.9. The minimum atomic E-state index is -3.67. The first-order chi connectivity index (χ1) is 6.56. The zero-order chi connectivity index (χ0) is 10.6. The van der Waals surface area contributed by atoms with Crippen molar-refractivity contribution >= 4 is 27.5 Å². The number of amides is 1. The molecule has 0 atom stereocenters. The van der Waals surface area contributed by atoms with Crippen LogP contribution in [0.4, 0.5) is 4.79 Å². The maximum atomic E-state index is 11.3. The van der Waals surface area contributed by atoms with Gasteiger partial charge in [0.05, 0.1) is 7.11 Å². The number of rotatable bonds is 3. The second-order valence-electron chi connectivity index (χ2n) is 2.15. The average Bonchev–Trinajstić information content (AvgIpc) is 2.67. The zero-order valence-corrected chi connectivity index (χ0v) is 8.81. The molecule has 0 spiro atoms. The summed E-state index contributed by atoms with van der Waals surface area (Å²) in [6.07, 6.45) is -0.870. The first-order valence-electron chi connectivity index (χ1n) is 3.45. The van der Waals surface area contributed by atoms with Gasteiger partial charge in [-0.25, -0.2) is 18.6 Å². The summed E-state index contributed by atoms with van der Waals surface area (Å²) in [7, 11) is -2.53. The number of hydrogen-bond acceptors (Lipinski definition) is 5. The summed E-state index contributed by atoms with van der Waals surface area (Å²) < 4.78 is 27.0. The predicted molar refractivity (Wildman–Crippen MR) is 50.2 cm³/mol. The van der Waals surface area contributed by atoms with E-state index in [0.717, 1.165) is 18.4 Å². The van der Waals surface area contributed by atoms with Gasteiger partial charge in [0.15, 0.2) is 0 Å². The largest absolute Gasteiger partial charge is 0.452 e. The Hall–Kier alpha value is -1.12. The quantitative estimate of drug-likeness (QED) is 0.739. The Kier molecular flexibility index (Phi) is 3.44. The monoisotopic (exact) mass is 236 g/mol. The van der Waals surface area contributed by atoms with Gasteiger partial charge in [-0.1, -0.05) is 6.07 Å². The first kappa shape index (κ1) is 11.0. The van der Waals surface area contributed by atoms with Crippen molar-refractivity contribution in [2.24, 2.45) is 0 Å². The number of thiophene rings is 1. The molecule has 78 valence electrons. The van der Waals surface area contributed by atoms with Gasteiger partial charge in [-0.15, -0.1) is 16.2 Å². The highest BCUT2D eigenvalue weighted by Gasteiger charge is 2.15. The number of hydrazine groups is 1. The van der Waals surface area contributed by atoms with Gasteiger partial charge in [0.1, 0.15) is 4.21 Å². The number of hydrogen-bond donors (Lipinski definition) is 2. The predicted octanol–water partition coefficient (Wildman–Crippen LogP) is 0.297. The van der Waals surface area contributed by atoms with Gasteiger partial charge in [-0.05, 0) is 11.4 Å². The van der Waals surface area contributed by atoms with Crippen molar-refractivity contribution in [1.29, 1.82) is 0 Å². The van der Waals surface area contributed by atoms with Crippen molar-refractivity contribution in [3.8, 4) is 0 Å². The Morgan fingerprint density at radius 1 is 1.57 bits per heavy atom. The maximum Gasteiger partial charge on any atom is 0.422 e. The first-order valence-corrected chi connectivity index (χ1v) is 5.82. The van der Waals surface area contributed by atoms with Crippen LogP contribution in [0.3, 0.4) is 0 Å². The molecule has 1 heterocycles. The third-order valence-corrected chi connectivity index (χ3v) is 3.88. The number of carbonyl (C=O) groups excluding carboxylic acids is 1. The molecule has 8 heteroatoms. The molecule has 0 saturated carbocycles. The Morgan fingerprint density at radius 2 is 2.29 bits per heavy atom. The van der Waals surface area contributed by atoms with Gasteiger partial charge >= 0.3 is 6.09 Å². The third kappa shape index (κ3) is 2.69. The minimum absolute atomic E-state index is 0.119. The summed E-state index contributed by atoms with van der Waals surface area (Å²) in [5.74, 6) is 0. The van der Waals surface area contributed by atoms with Crippen LogP contribution in [0.15, 0.2) is 21.7 Å². The van der Waals surface area contributed by atoms with E-state index >= 15 is 0 Å². The van der Waals surface area contributed by atoms with Crippen molar-refractivity contribution in [2.75, 3.05) is 7.11 Å². The molecule has 0 unspecified atom stereocenters. The highest BCUT2D eigenvalue weighted by Crippen LogP contribution is 2.14. The van der Waals surface area contributed by atoms with E-state index in [2.05, 4.69) is 4.74 Å². The molecule has 0 bridgehead atoms. The maximum absolute atomic E-state index is 11.3. The summed E-state index contributed by atoms with van der Waals surface area (Å²) in [6, 6.07) is 3.02. The van der Waals surface area contributed by atoms with Crippen LogP contribution in [0.5, 0.6) is 0 Å². The molecule has 0 aromatic carbocycles. The highest BCUT2D eigenvalue weighted by atomic mass is 32.2. The topological polar surface area (TPSA) is 84.5 Å². The van der Waals surface area contributed by atoms with E-state index in [4.69, 9.17) is 0 Å². The van der Waals surface area contributed by atoms with Crippen LogP contribution in [0.2, 0.25) is 0 Å². The zero-order valence-electron chi connectivity index (χ0n) is 7.18. The molecule has 14 heavy (non-hydrogen) atoms. The molecule has 0 fully saturated rings. The SMILES string of the molecule is COC(=O)NNS(=O)(=O)c1cccs1. The van der Waals surface area contributed by atoms with Gasteiger partial charge in [-0.3, -0.25) is 0 Å². The fraction of sp³-hybridized carbons (Fsp3) is 0.167. The highest BCUT2D eigenvalue weighted by molar-refractivity contribution is 7.91. The summed E-state index contributed by atoms with van der Waals surface area (Å²) in [4.78, 5) is 12.4. The van der Waals surface area contributed by atoms with Gasteiger partial charge in [0.2, 0.25) is 0 Å². The van der Waals surface area contributed by atoms with E-state index in [0.29, 0.717) is 0 Å². The molecule has 0 aliphatic heterocycles. The molecule has 1 aromatic rings. The van der Waals surface area contributed by atoms with Crippen LogP contribution >= 0.6 is 11.3 Å². The van der Waals surface area contributed by atoms with Crippen molar-refractivity contribution in [3.05, 3.63) is 17.5 Å². The average molecular weight is 236 g/mol. The summed E-state index contributed by atoms with van der Waals surface area (Å²) in [6.45, 7) is 0. The van der Waals surface area contributed by atoms with Gasteiger partial charge in [0, 0.05) is 0 Å². The van der Waals surface area contributed by atoms with E-state index in [1.807, 2.05) is 10.3 Å². The smallest absolute Gasteiger partial charge is 0.422 e. The lowest BCUT2D eigenvalue weighted by Crippen LogP contribution is -2.41. The van der Waals surface area contributed by atoms with Crippen LogP contribution in [0.25, 0.3) is 0 Å². The van der Waals surface area contributed by atoms with Gasteiger partial charge in [-0.2, -0.15) is 0 Å². The van der Waals surface area contributed by atoms with Crippen LogP contribution in [-0.4, -0.2) is 21.6 Å². The third-order valence-electron chi connectivity index (χ3n) is 1.23. The van der Waals surface area contributed by atoms with Crippen molar-refractivity contribution in [2.45, 2.75) is 4.21 Å². The standard InChI is InChI=1S/C6H8N2O4S2/c1-12-6(9)7-8-14(10,11)5-3-2-4-13-5/h2-4,8H,1H3,(H,7,9). The van der Waals surface area contributed by atoms with E-state index < -0.39 is 16.1 Å². The van der Waals surface area contributed by atoms with Crippen LogP contribution in [0, 0.1) is 0 Å². The molecule has 0 aliphatic rings. The Bertz CT molecular complexity index is 397. The number of nitrogens with one attached hydrogen (secondary N) is 2. The Balaban J connectivity index is 2.65. The Morgan fingerprint density at radius 3 is 2.79 bits per heavy atom. The van der Waals surface area contributed by atoms with Gasteiger partial charge < -0.3 is 4.74 Å². The second-order valence-corrected chi connectivity index (χ2v) is 5.01. The van der Waals surface area contributed by atoms with E-state index in [1.54, 1.807) is 11.4 Å². The molecule has 6 nitrogen and oxygen atoms in total. The van der Waals surface area contributed by atoms with Crippen LogP contribution in [-0.2, 0) is 14.8 Å². The minimum Gasteiger partial charge on any atom is -0.452 e. The molecule has 0 saturated heterocycles.